The number of hydrazine groups is 1. The second kappa shape index (κ2) is 5.36. The predicted octanol–water partition coefficient (Wildman–Crippen LogP) is 3.89. The van der Waals surface area contributed by atoms with Gasteiger partial charge in [0, 0.05) is 9.86 Å². The van der Waals surface area contributed by atoms with Gasteiger partial charge >= 0.3 is 0 Å². The number of hydrogen-bond acceptors (Lipinski definition) is 3. The van der Waals surface area contributed by atoms with Crippen LogP contribution in [0.15, 0.2) is 57.4 Å². The van der Waals surface area contributed by atoms with Crippen LogP contribution in [0.25, 0.3) is 11.0 Å². The van der Waals surface area contributed by atoms with Gasteiger partial charge in [-0.05, 0) is 29.8 Å². The molecule has 0 bridgehead atoms. The molecule has 102 valence electrons. The number of nitrogens with two attached hydrogens (primary N) is 1. The Morgan fingerprint density at radius 1 is 1.15 bits per heavy atom. The van der Waals surface area contributed by atoms with Gasteiger partial charge in [0.15, 0.2) is 0 Å². The maximum Gasteiger partial charge on any atom is 0.134 e. The minimum Gasteiger partial charge on any atom is -0.459 e. The summed E-state index contributed by atoms with van der Waals surface area (Å²) in [6.07, 6.45) is 0. The van der Waals surface area contributed by atoms with Gasteiger partial charge in [-0.15, -0.1) is 0 Å². The minimum absolute atomic E-state index is 0.305. The molecule has 0 fully saturated rings. The number of hydrogen-bond donors (Lipinski definition) is 2. The standard InChI is InChI=1S/C15H12BrFN2O/c16-12-8-10(17)5-6-11(12)15(19-18)14-7-9-3-1-2-4-13(9)20-14/h1-8,15,19H,18H2. The van der Waals surface area contributed by atoms with Crippen molar-refractivity contribution in [3.8, 4) is 0 Å². The quantitative estimate of drug-likeness (QED) is 0.564. The van der Waals surface area contributed by atoms with E-state index >= 15 is 0 Å². The summed E-state index contributed by atoms with van der Waals surface area (Å²) >= 11 is 3.35. The van der Waals surface area contributed by atoms with Gasteiger partial charge in [-0.2, -0.15) is 0 Å². The maximum atomic E-state index is 13.2. The van der Waals surface area contributed by atoms with E-state index in [0.717, 1.165) is 16.5 Å². The predicted molar refractivity (Wildman–Crippen MR) is 79.5 cm³/mol. The van der Waals surface area contributed by atoms with E-state index in [0.29, 0.717) is 10.2 Å². The maximum absolute atomic E-state index is 13.2. The zero-order valence-corrected chi connectivity index (χ0v) is 12.0. The minimum atomic E-state index is -0.350. The molecule has 1 atom stereocenters. The van der Waals surface area contributed by atoms with Crippen molar-refractivity contribution >= 4 is 26.9 Å². The summed E-state index contributed by atoms with van der Waals surface area (Å²) < 4.78 is 19.6. The summed E-state index contributed by atoms with van der Waals surface area (Å²) in [5.41, 5.74) is 4.32. The molecule has 3 rings (SSSR count). The molecule has 0 saturated heterocycles. The van der Waals surface area contributed by atoms with Crippen LogP contribution >= 0.6 is 15.9 Å². The molecule has 5 heteroatoms. The molecule has 3 N–H and O–H groups in total. The molecule has 0 aliphatic heterocycles. The van der Waals surface area contributed by atoms with Crippen molar-refractivity contribution in [3.05, 3.63) is 70.1 Å². The van der Waals surface area contributed by atoms with Crippen LogP contribution < -0.4 is 11.3 Å². The second-order valence-corrected chi connectivity index (χ2v) is 5.31. The number of furan rings is 1. The Kier molecular flexibility index (Phi) is 3.56. The Balaban J connectivity index is 2.08. The Morgan fingerprint density at radius 2 is 1.95 bits per heavy atom. The summed E-state index contributed by atoms with van der Waals surface area (Å²) in [5.74, 6) is 6.02. The third kappa shape index (κ3) is 2.35. The van der Waals surface area contributed by atoms with Gasteiger partial charge in [-0.1, -0.05) is 40.2 Å². The van der Waals surface area contributed by atoms with Crippen molar-refractivity contribution in [1.82, 2.24) is 5.43 Å². The average Bonchev–Trinajstić information content (AvgIpc) is 2.85. The lowest BCUT2D eigenvalue weighted by Gasteiger charge is -2.15. The molecule has 1 aromatic heterocycles. The topological polar surface area (TPSA) is 51.2 Å². The van der Waals surface area contributed by atoms with E-state index in [4.69, 9.17) is 10.3 Å². The summed E-state index contributed by atoms with van der Waals surface area (Å²) in [4.78, 5) is 0. The van der Waals surface area contributed by atoms with E-state index in [1.165, 1.54) is 12.1 Å². The highest BCUT2D eigenvalue weighted by molar-refractivity contribution is 9.10. The van der Waals surface area contributed by atoms with Gasteiger partial charge < -0.3 is 4.42 Å². The molecular formula is C15H12BrFN2O. The molecule has 0 radical (unpaired) electrons. The fourth-order valence-corrected chi connectivity index (χ4v) is 2.79. The molecule has 0 spiro atoms. The highest BCUT2D eigenvalue weighted by Gasteiger charge is 2.19. The van der Waals surface area contributed by atoms with Crippen LogP contribution in [-0.2, 0) is 0 Å². The van der Waals surface area contributed by atoms with Crippen molar-refractivity contribution in [3.63, 3.8) is 0 Å². The van der Waals surface area contributed by atoms with Gasteiger partial charge in [0.25, 0.3) is 0 Å². The Morgan fingerprint density at radius 3 is 2.65 bits per heavy atom. The lowest BCUT2D eigenvalue weighted by Crippen LogP contribution is -2.28. The van der Waals surface area contributed by atoms with Crippen molar-refractivity contribution < 1.29 is 8.81 Å². The van der Waals surface area contributed by atoms with Crippen molar-refractivity contribution in [1.29, 1.82) is 0 Å². The number of para-hydroxylation sites is 1. The van der Waals surface area contributed by atoms with Crippen LogP contribution in [0.1, 0.15) is 17.4 Å². The SMILES string of the molecule is NNC(c1cc2ccccc2o1)c1ccc(F)cc1Br. The van der Waals surface area contributed by atoms with E-state index < -0.39 is 0 Å². The Bertz CT molecular complexity index is 723. The molecule has 1 heterocycles. The smallest absolute Gasteiger partial charge is 0.134 e. The molecule has 0 aliphatic rings. The number of benzene rings is 2. The van der Waals surface area contributed by atoms with Gasteiger partial charge in [-0.3, -0.25) is 5.84 Å². The average molecular weight is 335 g/mol. The molecule has 3 nitrogen and oxygen atoms in total. The van der Waals surface area contributed by atoms with Crippen molar-refractivity contribution in [2.75, 3.05) is 0 Å². The van der Waals surface area contributed by atoms with E-state index in [9.17, 15) is 4.39 Å². The highest BCUT2D eigenvalue weighted by Crippen LogP contribution is 2.32. The molecule has 0 saturated carbocycles. The van der Waals surface area contributed by atoms with Gasteiger partial charge in [-0.25, -0.2) is 9.82 Å². The van der Waals surface area contributed by atoms with Crippen LogP contribution in [-0.4, -0.2) is 0 Å². The number of rotatable bonds is 3. The number of nitrogens with one attached hydrogen (secondary N) is 1. The molecule has 0 amide bonds. The Labute approximate surface area is 123 Å². The van der Waals surface area contributed by atoms with Crippen molar-refractivity contribution in [2.24, 2.45) is 5.84 Å². The molecular weight excluding hydrogens is 323 g/mol. The summed E-state index contributed by atoms with van der Waals surface area (Å²) in [6.45, 7) is 0. The third-order valence-corrected chi connectivity index (χ3v) is 3.86. The third-order valence-electron chi connectivity index (χ3n) is 3.17. The van der Waals surface area contributed by atoms with E-state index in [2.05, 4.69) is 21.4 Å². The second-order valence-electron chi connectivity index (χ2n) is 4.45. The lowest BCUT2D eigenvalue weighted by atomic mass is 10.0. The van der Waals surface area contributed by atoms with E-state index in [1.54, 1.807) is 6.07 Å². The largest absolute Gasteiger partial charge is 0.459 e. The van der Waals surface area contributed by atoms with Gasteiger partial charge in [0.1, 0.15) is 23.2 Å². The van der Waals surface area contributed by atoms with Crippen LogP contribution in [0.4, 0.5) is 4.39 Å². The fraction of sp³-hybridized carbons (Fsp3) is 0.0667. The van der Waals surface area contributed by atoms with E-state index in [1.807, 2.05) is 30.3 Å². The first-order valence-corrected chi connectivity index (χ1v) is 6.88. The molecule has 2 aromatic carbocycles. The molecule has 0 aliphatic carbocycles. The first kappa shape index (κ1) is 13.3. The van der Waals surface area contributed by atoms with Crippen LogP contribution in [0.5, 0.6) is 0 Å². The van der Waals surface area contributed by atoms with Crippen molar-refractivity contribution in [2.45, 2.75) is 6.04 Å². The van der Waals surface area contributed by atoms with Gasteiger partial charge in [0.2, 0.25) is 0 Å². The fourth-order valence-electron chi connectivity index (χ4n) is 2.21. The highest BCUT2D eigenvalue weighted by atomic mass is 79.9. The van der Waals surface area contributed by atoms with Gasteiger partial charge in [0.05, 0.1) is 0 Å². The summed E-state index contributed by atoms with van der Waals surface area (Å²) in [5, 5.41) is 1.00. The summed E-state index contributed by atoms with van der Waals surface area (Å²) in [7, 11) is 0. The first-order chi connectivity index (χ1) is 9.69. The lowest BCUT2D eigenvalue weighted by molar-refractivity contribution is 0.476. The first-order valence-electron chi connectivity index (χ1n) is 6.08. The normalized spacial score (nSPS) is 12.8. The summed E-state index contributed by atoms with van der Waals surface area (Å²) in [6, 6.07) is 13.8. The molecule has 3 aromatic rings. The van der Waals surface area contributed by atoms with Crippen LogP contribution in [0, 0.1) is 5.82 Å². The number of fused-ring (bicyclic) bond motifs is 1. The molecule has 1 unspecified atom stereocenters. The molecule has 20 heavy (non-hydrogen) atoms. The Hall–Kier alpha value is -1.69. The monoisotopic (exact) mass is 334 g/mol. The zero-order chi connectivity index (χ0) is 14.1. The van der Waals surface area contributed by atoms with Crippen LogP contribution in [0.2, 0.25) is 0 Å². The zero-order valence-electron chi connectivity index (χ0n) is 10.4. The number of halogens is 2. The van der Waals surface area contributed by atoms with Crippen LogP contribution in [0.3, 0.4) is 0 Å². The van der Waals surface area contributed by atoms with E-state index in [-0.39, 0.29) is 11.9 Å².